The van der Waals surface area contributed by atoms with Crippen molar-refractivity contribution in [2.24, 2.45) is 4.99 Å². The van der Waals surface area contributed by atoms with Gasteiger partial charge in [0.2, 0.25) is 5.91 Å². The first-order valence-electron chi connectivity index (χ1n) is 11.5. The fourth-order valence-corrected chi connectivity index (χ4v) is 6.47. The Hall–Kier alpha value is -2.33. The van der Waals surface area contributed by atoms with Crippen LogP contribution in [0.1, 0.15) is 62.4 Å². The lowest BCUT2D eigenvalue weighted by molar-refractivity contribution is -0.113. The van der Waals surface area contributed by atoms with Crippen LogP contribution in [0.5, 0.6) is 0 Å². The van der Waals surface area contributed by atoms with E-state index in [2.05, 4.69) is 26.5 Å². The molecule has 0 saturated heterocycles. The monoisotopic (exact) mass is 489 g/mol. The molecule has 1 aromatic carbocycles. The summed E-state index contributed by atoms with van der Waals surface area (Å²) < 4.78 is 30.1. The van der Waals surface area contributed by atoms with Crippen molar-refractivity contribution in [2.45, 2.75) is 74.9 Å². The van der Waals surface area contributed by atoms with Crippen LogP contribution in [0, 0.1) is 13.8 Å². The van der Waals surface area contributed by atoms with Crippen molar-refractivity contribution in [3.05, 3.63) is 35.7 Å². The minimum Gasteiger partial charge on any atom is -0.325 e. The molecule has 0 atom stereocenters. The molecule has 2 aliphatic rings. The first-order chi connectivity index (χ1) is 15.8. The maximum absolute atomic E-state index is 12.7. The number of carbonyl (C=O) groups excluding carboxylic acids is 1. The van der Waals surface area contributed by atoms with Crippen LogP contribution < -0.4 is 10.0 Å². The van der Waals surface area contributed by atoms with Gasteiger partial charge < -0.3 is 9.88 Å². The van der Waals surface area contributed by atoms with Crippen LogP contribution in [0.4, 0.5) is 5.69 Å². The minimum absolute atomic E-state index is 0.0987. The standard InChI is InChI=1S/C23H31N5O3S2/c1-16-17(2)28(19-9-4-3-5-10-19)23(25-16)32-15-22(29)26-18-8-6-11-20(14-18)33(30,31)27-21-12-7-13-24-21/h6,8,11,14,19H,3-5,7,9-10,12-13,15H2,1-2H3,(H,24,27)(H,26,29). The summed E-state index contributed by atoms with van der Waals surface area (Å²) in [6, 6.07) is 6.73. The lowest BCUT2D eigenvalue weighted by Gasteiger charge is -2.26. The van der Waals surface area contributed by atoms with Gasteiger partial charge in [0, 0.05) is 30.4 Å². The van der Waals surface area contributed by atoms with E-state index in [0.29, 0.717) is 30.5 Å². The van der Waals surface area contributed by atoms with Gasteiger partial charge in [0.15, 0.2) is 5.16 Å². The predicted octanol–water partition coefficient (Wildman–Crippen LogP) is 4.21. The average Bonchev–Trinajstić information content (AvgIpc) is 3.40. The maximum Gasteiger partial charge on any atom is 0.262 e. The van der Waals surface area contributed by atoms with Crippen LogP contribution in [0.15, 0.2) is 39.3 Å². The number of nitrogens with one attached hydrogen (secondary N) is 2. The van der Waals surface area contributed by atoms with Gasteiger partial charge in [-0.05, 0) is 51.3 Å². The molecule has 0 unspecified atom stereocenters. The van der Waals surface area contributed by atoms with Gasteiger partial charge in [0.1, 0.15) is 5.84 Å². The van der Waals surface area contributed by atoms with Gasteiger partial charge >= 0.3 is 0 Å². The number of aryl methyl sites for hydroxylation is 1. The number of benzene rings is 1. The fourth-order valence-electron chi connectivity index (χ4n) is 4.37. The van der Waals surface area contributed by atoms with Gasteiger partial charge in [-0.2, -0.15) is 0 Å². The summed E-state index contributed by atoms with van der Waals surface area (Å²) in [6.45, 7) is 4.75. The molecule has 33 heavy (non-hydrogen) atoms. The van der Waals surface area contributed by atoms with Gasteiger partial charge in [0.05, 0.1) is 16.3 Å². The topological polar surface area (TPSA) is 105 Å². The van der Waals surface area contributed by atoms with Crippen molar-refractivity contribution in [2.75, 3.05) is 17.6 Å². The molecule has 1 aliphatic heterocycles. The molecule has 178 valence electrons. The van der Waals surface area contributed by atoms with Crippen molar-refractivity contribution in [1.82, 2.24) is 14.3 Å². The number of aliphatic imine (C=N–C) groups is 1. The van der Waals surface area contributed by atoms with Gasteiger partial charge in [-0.25, -0.2) is 13.4 Å². The SMILES string of the molecule is Cc1nc(SCC(=O)Nc2cccc(S(=O)(=O)NC3=NCCC3)c2)n(C2CCCCC2)c1C. The molecule has 1 saturated carbocycles. The van der Waals surface area contributed by atoms with E-state index < -0.39 is 10.0 Å². The van der Waals surface area contributed by atoms with E-state index in [1.165, 1.54) is 48.9 Å². The number of sulfonamides is 1. The number of aromatic nitrogens is 2. The number of anilines is 1. The van der Waals surface area contributed by atoms with E-state index in [1.54, 1.807) is 12.1 Å². The lowest BCUT2D eigenvalue weighted by atomic mass is 9.95. The third-order valence-corrected chi connectivity index (χ3v) is 8.51. The van der Waals surface area contributed by atoms with Crippen molar-refractivity contribution in [3.8, 4) is 0 Å². The molecule has 2 heterocycles. The zero-order valence-electron chi connectivity index (χ0n) is 19.1. The number of carbonyl (C=O) groups is 1. The third kappa shape index (κ3) is 5.78. The second-order valence-electron chi connectivity index (χ2n) is 8.63. The van der Waals surface area contributed by atoms with Gasteiger partial charge in [-0.3, -0.25) is 14.5 Å². The van der Waals surface area contributed by atoms with Crippen molar-refractivity contribution >= 4 is 39.2 Å². The van der Waals surface area contributed by atoms with Crippen molar-refractivity contribution in [3.63, 3.8) is 0 Å². The maximum atomic E-state index is 12.7. The van der Waals surface area contributed by atoms with Crippen molar-refractivity contribution < 1.29 is 13.2 Å². The molecule has 1 aliphatic carbocycles. The van der Waals surface area contributed by atoms with Crippen LogP contribution in [-0.4, -0.2) is 42.0 Å². The quantitative estimate of drug-likeness (QED) is 0.567. The Morgan fingerprint density at radius 3 is 2.70 bits per heavy atom. The smallest absolute Gasteiger partial charge is 0.262 e. The normalized spacial score (nSPS) is 17.1. The first-order valence-corrected chi connectivity index (χ1v) is 13.9. The number of hydrogen-bond acceptors (Lipinski definition) is 6. The number of amidine groups is 1. The van der Waals surface area contributed by atoms with Gasteiger partial charge in [-0.1, -0.05) is 37.1 Å². The van der Waals surface area contributed by atoms with Crippen LogP contribution in [0.2, 0.25) is 0 Å². The molecule has 0 bridgehead atoms. The molecule has 4 rings (SSSR count). The molecule has 1 fully saturated rings. The number of imidazole rings is 1. The summed E-state index contributed by atoms with van der Waals surface area (Å²) in [5, 5.41) is 3.70. The van der Waals surface area contributed by atoms with E-state index >= 15 is 0 Å². The van der Waals surface area contributed by atoms with Crippen LogP contribution in [0.25, 0.3) is 0 Å². The highest BCUT2D eigenvalue weighted by molar-refractivity contribution is 7.99. The minimum atomic E-state index is -3.73. The zero-order valence-corrected chi connectivity index (χ0v) is 20.8. The van der Waals surface area contributed by atoms with Crippen LogP contribution >= 0.6 is 11.8 Å². The number of rotatable bonds is 7. The number of hydrogen-bond donors (Lipinski definition) is 2. The van der Waals surface area contributed by atoms with E-state index in [0.717, 1.165) is 30.1 Å². The lowest BCUT2D eigenvalue weighted by Crippen LogP contribution is -2.29. The average molecular weight is 490 g/mol. The van der Waals surface area contributed by atoms with E-state index in [1.807, 2.05) is 6.92 Å². The van der Waals surface area contributed by atoms with Gasteiger partial charge in [-0.15, -0.1) is 0 Å². The Balaban J connectivity index is 1.40. The summed E-state index contributed by atoms with van der Waals surface area (Å²) >= 11 is 1.43. The Kier molecular flexibility index (Phi) is 7.43. The summed E-state index contributed by atoms with van der Waals surface area (Å²) in [5.74, 6) is 0.491. The Labute approximate surface area is 199 Å². The summed E-state index contributed by atoms with van der Waals surface area (Å²) in [6.07, 6.45) is 7.52. The number of thioether (sulfide) groups is 1. The largest absolute Gasteiger partial charge is 0.325 e. The summed E-state index contributed by atoms with van der Waals surface area (Å²) in [4.78, 5) is 21.6. The molecule has 2 N–H and O–H groups in total. The molecule has 1 amide bonds. The van der Waals surface area contributed by atoms with Crippen LogP contribution in [-0.2, 0) is 14.8 Å². The number of amides is 1. The van der Waals surface area contributed by atoms with Crippen molar-refractivity contribution in [1.29, 1.82) is 0 Å². The third-order valence-electron chi connectivity index (χ3n) is 6.18. The molecular formula is C23H31N5O3S2. The Morgan fingerprint density at radius 1 is 1.18 bits per heavy atom. The number of nitrogens with zero attached hydrogens (tertiary/aromatic N) is 3. The Morgan fingerprint density at radius 2 is 1.97 bits per heavy atom. The van der Waals surface area contributed by atoms with Crippen LogP contribution in [0.3, 0.4) is 0 Å². The molecular weight excluding hydrogens is 458 g/mol. The highest BCUT2D eigenvalue weighted by atomic mass is 32.2. The zero-order chi connectivity index (χ0) is 23.4. The fraction of sp³-hybridized carbons (Fsp3) is 0.522. The highest BCUT2D eigenvalue weighted by Gasteiger charge is 2.23. The molecule has 10 heteroatoms. The molecule has 0 spiro atoms. The second-order valence-corrected chi connectivity index (χ2v) is 11.3. The van der Waals surface area contributed by atoms with E-state index in [4.69, 9.17) is 4.98 Å². The molecule has 1 aromatic heterocycles. The molecule has 2 aromatic rings. The van der Waals surface area contributed by atoms with E-state index in [-0.39, 0.29) is 16.6 Å². The molecule has 0 radical (unpaired) electrons. The van der Waals surface area contributed by atoms with E-state index in [9.17, 15) is 13.2 Å². The first kappa shape index (κ1) is 23.8. The summed E-state index contributed by atoms with van der Waals surface area (Å²) in [7, 11) is -3.73. The summed E-state index contributed by atoms with van der Waals surface area (Å²) in [5.41, 5.74) is 2.61. The Bertz CT molecular complexity index is 1150. The predicted molar refractivity (Wildman–Crippen MR) is 131 cm³/mol. The van der Waals surface area contributed by atoms with Gasteiger partial charge in [0.25, 0.3) is 10.0 Å². The second kappa shape index (κ2) is 10.3. The highest BCUT2D eigenvalue weighted by Crippen LogP contribution is 2.34. The molecule has 8 nitrogen and oxygen atoms in total.